The lowest BCUT2D eigenvalue weighted by molar-refractivity contribution is -0.116. The summed E-state index contributed by atoms with van der Waals surface area (Å²) in [4.78, 5) is 17.2. The summed E-state index contributed by atoms with van der Waals surface area (Å²) in [7, 11) is 0. The summed E-state index contributed by atoms with van der Waals surface area (Å²) in [6.45, 7) is 6.00. The van der Waals surface area contributed by atoms with Crippen molar-refractivity contribution in [2.45, 2.75) is 27.3 Å². The average molecular weight is 329 g/mol. The predicted octanol–water partition coefficient (Wildman–Crippen LogP) is 2.67. The highest BCUT2D eigenvalue weighted by Crippen LogP contribution is 2.21. The van der Waals surface area contributed by atoms with Crippen molar-refractivity contribution >= 4 is 38.3 Å². The molecule has 0 radical (unpaired) electrons. The maximum absolute atomic E-state index is 11.8. The summed E-state index contributed by atoms with van der Waals surface area (Å²) in [5, 5.41) is 7.53. The minimum Gasteiger partial charge on any atom is -0.300 e. The van der Waals surface area contributed by atoms with Crippen molar-refractivity contribution in [1.82, 2.24) is 14.8 Å². The molecule has 2 aromatic heterocycles. The lowest BCUT2D eigenvalue weighted by atomic mass is 10.4. The van der Waals surface area contributed by atoms with Crippen LogP contribution in [-0.2, 0) is 11.3 Å². The Morgan fingerprint density at radius 3 is 2.72 bits per heavy atom. The molecule has 5 nitrogen and oxygen atoms in total. The number of amides is 1. The van der Waals surface area contributed by atoms with Gasteiger partial charge in [0.2, 0.25) is 5.91 Å². The van der Waals surface area contributed by atoms with Crippen LogP contribution in [0.1, 0.15) is 16.3 Å². The lowest BCUT2D eigenvalue weighted by Crippen LogP contribution is -2.20. The summed E-state index contributed by atoms with van der Waals surface area (Å²) in [5.74, 6) is -0.123. The normalized spacial score (nSPS) is 10.7. The zero-order valence-corrected chi connectivity index (χ0v) is 12.7. The summed E-state index contributed by atoms with van der Waals surface area (Å²) in [6, 6.07) is 0. The number of hydrogen-bond donors (Lipinski definition) is 1. The molecule has 96 valence electrons. The van der Waals surface area contributed by atoms with Crippen LogP contribution >= 0.6 is 27.3 Å². The molecule has 7 heteroatoms. The summed E-state index contributed by atoms with van der Waals surface area (Å²) in [5.41, 5.74) is 1.88. The van der Waals surface area contributed by atoms with Crippen LogP contribution in [0.3, 0.4) is 0 Å². The van der Waals surface area contributed by atoms with E-state index in [1.54, 1.807) is 10.9 Å². The molecule has 0 spiro atoms. The smallest absolute Gasteiger partial charge is 0.247 e. The molecule has 1 amide bonds. The molecule has 0 bridgehead atoms. The Bertz CT molecular complexity index is 570. The molecule has 2 rings (SSSR count). The molecule has 2 aromatic rings. The Kier molecular flexibility index (Phi) is 3.82. The first-order valence-corrected chi connectivity index (χ1v) is 7.00. The molecule has 0 aliphatic rings. The summed E-state index contributed by atoms with van der Waals surface area (Å²) < 4.78 is 2.54. The molecule has 0 aliphatic heterocycles. The SMILES string of the molecule is Cc1nc(NC(=O)Cn2ncc(Br)c2C)sc1C. The number of carbonyl (C=O) groups is 1. The standard InChI is InChI=1S/C11H13BrN4OS/c1-6-8(3)18-11(14-6)15-10(17)5-16-7(2)9(12)4-13-16/h4H,5H2,1-3H3,(H,14,15,17). The van der Waals surface area contributed by atoms with Crippen LogP contribution < -0.4 is 5.32 Å². The van der Waals surface area contributed by atoms with Gasteiger partial charge in [-0.3, -0.25) is 9.48 Å². The van der Waals surface area contributed by atoms with Crippen molar-refractivity contribution in [3.63, 3.8) is 0 Å². The van der Waals surface area contributed by atoms with Crippen LogP contribution in [0.4, 0.5) is 5.13 Å². The molecule has 0 unspecified atom stereocenters. The Labute approximate surface area is 117 Å². The number of anilines is 1. The van der Waals surface area contributed by atoms with Gasteiger partial charge in [-0.1, -0.05) is 0 Å². The molecule has 0 saturated carbocycles. The van der Waals surface area contributed by atoms with Crippen LogP contribution in [0.5, 0.6) is 0 Å². The van der Waals surface area contributed by atoms with E-state index >= 15 is 0 Å². The predicted molar refractivity (Wildman–Crippen MR) is 74.9 cm³/mol. The zero-order chi connectivity index (χ0) is 13.3. The number of nitrogens with zero attached hydrogens (tertiary/aromatic N) is 3. The van der Waals surface area contributed by atoms with E-state index in [1.807, 2.05) is 20.8 Å². The molecule has 1 N–H and O–H groups in total. The first-order valence-electron chi connectivity index (χ1n) is 5.39. The highest BCUT2D eigenvalue weighted by Gasteiger charge is 2.11. The Hall–Kier alpha value is -1.21. The van der Waals surface area contributed by atoms with Crippen molar-refractivity contribution in [2.75, 3.05) is 5.32 Å². The molecule has 2 heterocycles. The minimum atomic E-state index is -0.123. The number of aromatic nitrogens is 3. The van der Waals surface area contributed by atoms with Crippen LogP contribution in [0.25, 0.3) is 0 Å². The molecular weight excluding hydrogens is 316 g/mol. The second-order valence-corrected chi connectivity index (χ2v) is 6.00. The Balaban J connectivity index is 2.03. The quantitative estimate of drug-likeness (QED) is 0.942. The Morgan fingerprint density at radius 1 is 1.50 bits per heavy atom. The number of aryl methyl sites for hydroxylation is 2. The van der Waals surface area contributed by atoms with Crippen molar-refractivity contribution in [3.8, 4) is 0 Å². The van der Waals surface area contributed by atoms with E-state index in [2.05, 4.69) is 31.3 Å². The van der Waals surface area contributed by atoms with E-state index in [0.29, 0.717) is 5.13 Å². The van der Waals surface area contributed by atoms with Gasteiger partial charge >= 0.3 is 0 Å². The van der Waals surface area contributed by atoms with Gasteiger partial charge in [0.1, 0.15) is 6.54 Å². The first-order chi connectivity index (χ1) is 8.47. The maximum atomic E-state index is 11.8. The Morgan fingerprint density at radius 2 is 2.22 bits per heavy atom. The van der Waals surface area contributed by atoms with Gasteiger partial charge in [0.05, 0.1) is 22.1 Å². The highest BCUT2D eigenvalue weighted by atomic mass is 79.9. The van der Waals surface area contributed by atoms with E-state index in [4.69, 9.17) is 0 Å². The van der Waals surface area contributed by atoms with Gasteiger partial charge in [-0.2, -0.15) is 5.10 Å². The van der Waals surface area contributed by atoms with Crippen molar-refractivity contribution in [2.24, 2.45) is 0 Å². The molecular formula is C11H13BrN4OS. The molecule has 0 saturated heterocycles. The van der Waals surface area contributed by atoms with Crippen LogP contribution in [0.2, 0.25) is 0 Å². The molecule has 18 heavy (non-hydrogen) atoms. The third-order valence-electron chi connectivity index (χ3n) is 2.61. The first kappa shape index (κ1) is 13.2. The summed E-state index contributed by atoms with van der Waals surface area (Å²) >= 11 is 4.84. The van der Waals surface area contributed by atoms with Gasteiger partial charge in [-0.05, 0) is 36.7 Å². The second kappa shape index (κ2) is 5.19. The molecule has 0 aromatic carbocycles. The van der Waals surface area contributed by atoms with Crippen LogP contribution in [0, 0.1) is 20.8 Å². The maximum Gasteiger partial charge on any atom is 0.247 e. The largest absolute Gasteiger partial charge is 0.300 e. The summed E-state index contributed by atoms with van der Waals surface area (Å²) in [6.07, 6.45) is 1.68. The van der Waals surface area contributed by atoms with E-state index in [-0.39, 0.29) is 12.5 Å². The minimum absolute atomic E-state index is 0.123. The van der Waals surface area contributed by atoms with E-state index in [0.717, 1.165) is 20.7 Å². The van der Waals surface area contributed by atoms with Crippen molar-refractivity contribution < 1.29 is 4.79 Å². The topological polar surface area (TPSA) is 59.8 Å². The van der Waals surface area contributed by atoms with Crippen LogP contribution in [-0.4, -0.2) is 20.7 Å². The number of hydrogen-bond acceptors (Lipinski definition) is 4. The van der Waals surface area contributed by atoms with E-state index < -0.39 is 0 Å². The number of carbonyl (C=O) groups excluding carboxylic acids is 1. The van der Waals surface area contributed by atoms with Gasteiger partial charge < -0.3 is 5.32 Å². The van der Waals surface area contributed by atoms with Gasteiger partial charge in [0, 0.05) is 4.88 Å². The van der Waals surface area contributed by atoms with Crippen LogP contribution in [0.15, 0.2) is 10.7 Å². The molecule has 0 fully saturated rings. The fourth-order valence-electron chi connectivity index (χ4n) is 1.40. The van der Waals surface area contributed by atoms with Gasteiger partial charge in [-0.25, -0.2) is 4.98 Å². The van der Waals surface area contributed by atoms with E-state index in [1.165, 1.54) is 11.3 Å². The monoisotopic (exact) mass is 328 g/mol. The zero-order valence-electron chi connectivity index (χ0n) is 10.3. The third kappa shape index (κ3) is 2.78. The van der Waals surface area contributed by atoms with Gasteiger partial charge in [0.25, 0.3) is 0 Å². The highest BCUT2D eigenvalue weighted by molar-refractivity contribution is 9.10. The number of rotatable bonds is 3. The molecule has 0 atom stereocenters. The second-order valence-electron chi connectivity index (χ2n) is 3.94. The fraction of sp³-hybridized carbons (Fsp3) is 0.364. The van der Waals surface area contributed by atoms with Crippen molar-refractivity contribution in [1.29, 1.82) is 0 Å². The third-order valence-corrected chi connectivity index (χ3v) is 4.38. The van der Waals surface area contributed by atoms with Gasteiger partial charge in [0.15, 0.2) is 5.13 Å². The lowest BCUT2D eigenvalue weighted by Gasteiger charge is -2.04. The van der Waals surface area contributed by atoms with Crippen molar-refractivity contribution in [3.05, 3.63) is 26.9 Å². The average Bonchev–Trinajstić information content (AvgIpc) is 2.76. The van der Waals surface area contributed by atoms with Gasteiger partial charge in [-0.15, -0.1) is 11.3 Å². The number of halogens is 1. The number of thiazole rings is 1. The van der Waals surface area contributed by atoms with E-state index in [9.17, 15) is 4.79 Å². The number of nitrogens with one attached hydrogen (secondary N) is 1. The molecule has 0 aliphatic carbocycles. The fourth-order valence-corrected chi connectivity index (χ4v) is 2.53.